The minimum absolute atomic E-state index is 0.0125. The Balaban J connectivity index is 2.36. The molecule has 0 saturated heterocycles. The molecule has 0 amide bonds. The highest BCUT2D eigenvalue weighted by atomic mass is 32.1. The highest BCUT2D eigenvalue weighted by Gasteiger charge is 2.16. The Bertz CT molecular complexity index is 547. The number of hydrogen-bond acceptors (Lipinski definition) is 4. The largest absolute Gasteiger partial charge is 0.494 e. The van der Waals surface area contributed by atoms with E-state index >= 15 is 0 Å². The zero-order chi connectivity index (χ0) is 13.7. The second kappa shape index (κ2) is 6.38. The van der Waals surface area contributed by atoms with E-state index in [-0.39, 0.29) is 5.78 Å². The molecule has 0 spiro atoms. The lowest BCUT2D eigenvalue weighted by molar-refractivity contribution is 0.103. The number of rotatable bonds is 6. The summed E-state index contributed by atoms with van der Waals surface area (Å²) in [5, 5.41) is 1.89. The molecular formula is C15H16O3S. The molecule has 0 aliphatic heterocycles. The Morgan fingerprint density at radius 3 is 2.58 bits per heavy atom. The fourth-order valence-corrected chi connectivity index (χ4v) is 2.44. The van der Waals surface area contributed by atoms with E-state index in [1.54, 1.807) is 18.2 Å². The first-order valence-corrected chi connectivity index (χ1v) is 7.12. The third kappa shape index (κ3) is 3.15. The highest BCUT2D eigenvalue weighted by molar-refractivity contribution is 7.12. The molecule has 2 aromatic rings. The van der Waals surface area contributed by atoms with Gasteiger partial charge in [0.1, 0.15) is 11.5 Å². The molecule has 3 nitrogen and oxygen atoms in total. The summed E-state index contributed by atoms with van der Waals surface area (Å²) in [6.45, 7) is 4.92. The summed E-state index contributed by atoms with van der Waals surface area (Å²) >= 11 is 1.43. The summed E-state index contributed by atoms with van der Waals surface area (Å²) in [5.74, 6) is 1.28. The van der Waals surface area contributed by atoms with Crippen LogP contribution >= 0.6 is 11.3 Å². The Kier molecular flexibility index (Phi) is 4.58. The average molecular weight is 276 g/mol. The van der Waals surface area contributed by atoms with Gasteiger partial charge in [-0.25, -0.2) is 0 Å². The van der Waals surface area contributed by atoms with Crippen molar-refractivity contribution < 1.29 is 14.3 Å². The Labute approximate surface area is 116 Å². The number of benzene rings is 1. The molecule has 2 rings (SSSR count). The van der Waals surface area contributed by atoms with E-state index in [9.17, 15) is 4.79 Å². The average Bonchev–Trinajstić information content (AvgIpc) is 2.93. The monoisotopic (exact) mass is 276 g/mol. The van der Waals surface area contributed by atoms with E-state index in [1.807, 2.05) is 31.4 Å². The second-order valence-electron chi connectivity index (χ2n) is 3.83. The van der Waals surface area contributed by atoms with E-state index in [2.05, 4.69) is 0 Å². The highest BCUT2D eigenvalue weighted by Crippen LogP contribution is 2.28. The van der Waals surface area contributed by atoms with Crippen molar-refractivity contribution in [2.24, 2.45) is 0 Å². The van der Waals surface area contributed by atoms with Crippen LogP contribution in [0.4, 0.5) is 0 Å². The molecule has 1 heterocycles. The molecule has 0 unspecified atom stereocenters. The van der Waals surface area contributed by atoms with Crippen molar-refractivity contribution in [3.05, 3.63) is 46.2 Å². The van der Waals surface area contributed by atoms with Gasteiger partial charge in [0, 0.05) is 6.07 Å². The van der Waals surface area contributed by atoms with Gasteiger partial charge in [-0.2, -0.15) is 0 Å². The molecule has 1 aromatic carbocycles. The van der Waals surface area contributed by atoms with Crippen LogP contribution in [0.15, 0.2) is 35.7 Å². The summed E-state index contributed by atoms with van der Waals surface area (Å²) in [5.41, 5.74) is 0.577. The van der Waals surface area contributed by atoms with Gasteiger partial charge in [0.15, 0.2) is 0 Å². The fraction of sp³-hybridized carbons (Fsp3) is 0.267. The molecule has 19 heavy (non-hydrogen) atoms. The van der Waals surface area contributed by atoms with Crippen LogP contribution in [0.1, 0.15) is 29.1 Å². The summed E-state index contributed by atoms with van der Waals surface area (Å²) < 4.78 is 11.0. The Hall–Kier alpha value is -1.81. The number of thiophene rings is 1. The lowest BCUT2D eigenvalue weighted by atomic mass is 10.1. The van der Waals surface area contributed by atoms with Crippen LogP contribution in [-0.4, -0.2) is 19.0 Å². The van der Waals surface area contributed by atoms with Crippen molar-refractivity contribution in [2.75, 3.05) is 13.2 Å². The number of ketones is 1. The van der Waals surface area contributed by atoms with E-state index in [4.69, 9.17) is 9.47 Å². The number of hydrogen-bond donors (Lipinski definition) is 0. The molecule has 4 heteroatoms. The molecule has 100 valence electrons. The molecule has 0 atom stereocenters. The number of carbonyl (C=O) groups excluding carboxylic acids is 1. The predicted molar refractivity (Wildman–Crippen MR) is 76.5 cm³/mol. The summed E-state index contributed by atoms with van der Waals surface area (Å²) in [6.07, 6.45) is 0. The number of carbonyl (C=O) groups is 1. The van der Waals surface area contributed by atoms with Crippen molar-refractivity contribution in [3.8, 4) is 11.5 Å². The van der Waals surface area contributed by atoms with Crippen molar-refractivity contribution in [3.63, 3.8) is 0 Å². The predicted octanol–water partition coefficient (Wildman–Crippen LogP) is 3.78. The van der Waals surface area contributed by atoms with Gasteiger partial charge in [0.25, 0.3) is 0 Å². The standard InChI is InChI=1S/C15H16O3S/c1-3-17-11-7-8-12(13(10-11)18-4-2)15(16)14-6-5-9-19-14/h5-10H,3-4H2,1-2H3. The van der Waals surface area contributed by atoms with Crippen LogP contribution in [0.25, 0.3) is 0 Å². The smallest absolute Gasteiger partial charge is 0.206 e. The van der Waals surface area contributed by atoms with Crippen LogP contribution in [0.3, 0.4) is 0 Å². The molecule has 1 aromatic heterocycles. The molecule has 0 radical (unpaired) electrons. The van der Waals surface area contributed by atoms with Gasteiger partial charge in [0.2, 0.25) is 5.78 Å². The zero-order valence-corrected chi connectivity index (χ0v) is 11.8. The third-order valence-corrected chi connectivity index (χ3v) is 3.42. The maximum atomic E-state index is 12.4. The van der Waals surface area contributed by atoms with Gasteiger partial charge in [-0.3, -0.25) is 4.79 Å². The van der Waals surface area contributed by atoms with E-state index in [1.165, 1.54) is 11.3 Å². The minimum atomic E-state index is -0.0125. The summed E-state index contributed by atoms with van der Waals surface area (Å²) in [6, 6.07) is 9.02. The second-order valence-corrected chi connectivity index (χ2v) is 4.78. The topological polar surface area (TPSA) is 35.5 Å². The van der Waals surface area contributed by atoms with E-state index in [0.717, 1.165) is 0 Å². The molecule has 0 aliphatic carbocycles. The quantitative estimate of drug-likeness (QED) is 0.753. The normalized spacial score (nSPS) is 10.2. The lowest BCUT2D eigenvalue weighted by Gasteiger charge is -2.11. The van der Waals surface area contributed by atoms with Crippen LogP contribution in [-0.2, 0) is 0 Å². The number of ether oxygens (including phenoxy) is 2. The van der Waals surface area contributed by atoms with Gasteiger partial charge in [-0.1, -0.05) is 6.07 Å². The van der Waals surface area contributed by atoms with Crippen LogP contribution in [0.5, 0.6) is 11.5 Å². The Morgan fingerprint density at radius 2 is 1.95 bits per heavy atom. The van der Waals surface area contributed by atoms with E-state index in [0.29, 0.717) is 35.2 Å². The Morgan fingerprint density at radius 1 is 1.16 bits per heavy atom. The van der Waals surface area contributed by atoms with Gasteiger partial charge >= 0.3 is 0 Å². The first kappa shape index (κ1) is 13.6. The maximum Gasteiger partial charge on any atom is 0.206 e. The summed E-state index contributed by atoms with van der Waals surface area (Å²) in [7, 11) is 0. The molecule has 0 aliphatic rings. The van der Waals surface area contributed by atoms with Gasteiger partial charge < -0.3 is 9.47 Å². The minimum Gasteiger partial charge on any atom is -0.494 e. The lowest BCUT2D eigenvalue weighted by Crippen LogP contribution is -2.04. The van der Waals surface area contributed by atoms with Crippen LogP contribution < -0.4 is 9.47 Å². The molecule has 0 fully saturated rings. The first-order valence-electron chi connectivity index (χ1n) is 6.24. The summed E-state index contributed by atoms with van der Waals surface area (Å²) in [4.78, 5) is 13.1. The van der Waals surface area contributed by atoms with Crippen molar-refractivity contribution >= 4 is 17.1 Å². The molecular weight excluding hydrogens is 260 g/mol. The maximum absolute atomic E-state index is 12.4. The SMILES string of the molecule is CCOc1ccc(C(=O)c2cccs2)c(OCC)c1. The van der Waals surface area contributed by atoms with Gasteiger partial charge in [0.05, 0.1) is 23.7 Å². The first-order chi connectivity index (χ1) is 9.26. The fourth-order valence-electron chi connectivity index (χ4n) is 1.76. The van der Waals surface area contributed by atoms with Gasteiger partial charge in [-0.05, 0) is 37.4 Å². The third-order valence-electron chi connectivity index (χ3n) is 2.55. The molecule has 0 bridgehead atoms. The van der Waals surface area contributed by atoms with Gasteiger partial charge in [-0.15, -0.1) is 11.3 Å². The van der Waals surface area contributed by atoms with Crippen LogP contribution in [0, 0.1) is 0 Å². The van der Waals surface area contributed by atoms with Crippen molar-refractivity contribution in [2.45, 2.75) is 13.8 Å². The van der Waals surface area contributed by atoms with Crippen molar-refractivity contribution in [1.29, 1.82) is 0 Å². The van der Waals surface area contributed by atoms with Crippen molar-refractivity contribution in [1.82, 2.24) is 0 Å². The molecule has 0 saturated carbocycles. The van der Waals surface area contributed by atoms with E-state index < -0.39 is 0 Å². The zero-order valence-electron chi connectivity index (χ0n) is 11.0. The molecule has 0 N–H and O–H groups in total. The van der Waals surface area contributed by atoms with Crippen LogP contribution in [0.2, 0.25) is 0 Å².